The number of hydrogen-bond donors (Lipinski definition) is 1. The van der Waals surface area contributed by atoms with Gasteiger partial charge in [-0.2, -0.15) is 4.31 Å². The van der Waals surface area contributed by atoms with Crippen LogP contribution in [0.1, 0.15) is 12.8 Å². The molecule has 0 radical (unpaired) electrons. The van der Waals surface area contributed by atoms with Gasteiger partial charge in [0.1, 0.15) is 0 Å². The van der Waals surface area contributed by atoms with Gasteiger partial charge in [-0.1, -0.05) is 11.6 Å². The van der Waals surface area contributed by atoms with Crippen molar-refractivity contribution in [3.63, 3.8) is 0 Å². The fourth-order valence-corrected chi connectivity index (χ4v) is 4.01. The molecule has 0 aliphatic carbocycles. The van der Waals surface area contributed by atoms with Crippen LogP contribution < -0.4 is 5.32 Å². The minimum absolute atomic E-state index is 0. The number of carbonyl (C=O) groups is 1. The summed E-state index contributed by atoms with van der Waals surface area (Å²) >= 11 is 5.78. The lowest BCUT2D eigenvalue weighted by atomic mass is 10.2. The molecule has 1 fully saturated rings. The first-order chi connectivity index (χ1) is 10.9. The highest BCUT2D eigenvalue weighted by atomic mass is 35.5. The van der Waals surface area contributed by atoms with Crippen LogP contribution in [-0.2, 0) is 14.8 Å². The molecule has 1 unspecified atom stereocenters. The summed E-state index contributed by atoms with van der Waals surface area (Å²) in [6, 6.07) is 6.07. The van der Waals surface area contributed by atoms with Gasteiger partial charge >= 0.3 is 0 Å². The molecular weight excluding hydrogens is 373 g/mol. The predicted molar refractivity (Wildman–Crippen MR) is 97.2 cm³/mol. The zero-order valence-corrected chi connectivity index (χ0v) is 16.1. The first kappa shape index (κ1) is 21.2. The van der Waals surface area contributed by atoms with E-state index in [4.69, 9.17) is 11.6 Å². The molecule has 1 saturated heterocycles. The maximum absolute atomic E-state index is 12.5. The minimum Gasteiger partial charge on any atom is -0.337 e. The molecule has 0 bridgehead atoms. The fraction of sp³-hybridized carbons (Fsp3) is 0.533. The normalized spacial score (nSPS) is 17.8. The van der Waals surface area contributed by atoms with Crippen LogP contribution in [0.15, 0.2) is 29.2 Å². The maximum Gasteiger partial charge on any atom is 0.243 e. The second kappa shape index (κ2) is 9.01. The van der Waals surface area contributed by atoms with Gasteiger partial charge in [-0.3, -0.25) is 4.79 Å². The Hall–Kier alpha value is -0.860. The number of hydrogen-bond acceptors (Lipinski definition) is 4. The van der Waals surface area contributed by atoms with Crippen LogP contribution in [0.3, 0.4) is 0 Å². The van der Waals surface area contributed by atoms with Gasteiger partial charge in [-0.05, 0) is 44.2 Å². The molecule has 0 spiro atoms. The molecule has 9 heteroatoms. The molecule has 1 atom stereocenters. The number of rotatable bonds is 6. The van der Waals surface area contributed by atoms with Crippen molar-refractivity contribution in [2.24, 2.45) is 0 Å². The van der Waals surface area contributed by atoms with E-state index in [1.807, 2.05) is 7.05 Å². The van der Waals surface area contributed by atoms with Gasteiger partial charge in [0.05, 0.1) is 11.4 Å². The molecule has 1 aliphatic rings. The second-order valence-corrected chi connectivity index (χ2v) is 8.14. The number of sulfonamides is 1. The van der Waals surface area contributed by atoms with E-state index in [-0.39, 0.29) is 35.8 Å². The Morgan fingerprint density at radius 1 is 1.38 bits per heavy atom. The minimum atomic E-state index is -3.70. The van der Waals surface area contributed by atoms with E-state index < -0.39 is 10.0 Å². The highest BCUT2D eigenvalue weighted by Crippen LogP contribution is 2.20. The average Bonchev–Trinajstić information content (AvgIpc) is 2.96. The SMILES string of the molecule is CNCC1CCCN1C(=O)CN(C)S(=O)(=O)c1ccc(Cl)cc1.Cl. The number of nitrogens with zero attached hydrogens (tertiary/aromatic N) is 2. The largest absolute Gasteiger partial charge is 0.337 e. The molecule has 6 nitrogen and oxygen atoms in total. The van der Waals surface area contributed by atoms with E-state index in [2.05, 4.69) is 5.32 Å². The quantitative estimate of drug-likeness (QED) is 0.793. The number of benzene rings is 1. The Labute approximate surface area is 154 Å². The van der Waals surface area contributed by atoms with Crippen LogP contribution in [-0.4, -0.2) is 63.3 Å². The van der Waals surface area contributed by atoms with Crippen LogP contribution in [0.25, 0.3) is 0 Å². The molecule has 0 aromatic heterocycles. The van der Waals surface area contributed by atoms with Crippen LogP contribution >= 0.6 is 24.0 Å². The zero-order valence-electron chi connectivity index (χ0n) is 13.7. The number of likely N-dealkylation sites (tertiary alicyclic amines) is 1. The maximum atomic E-state index is 12.5. The molecule has 1 heterocycles. The molecule has 24 heavy (non-hydrogen) atoms. The number of carbonyl (C=O) groups excluding carboxylic acids is 1. The molecule has 1 amide bonds. The smallest absolute Gasteiger partial charge is 0.243 e. The van der Waals surface area contributed by atoms with Gasteiger partial charge in [0.15, 0.2) is 0 Å². The lowest BCUT2D eigenvalue weighted by Crippen LogP contribution is -2.46. The van der Waals surface area contributed by atoms with E-state index >= 15 is 0 Å². The van der Waals surface area contributed by atoms with Crippen molar-refractivity contribution in [2.75, 3.05) is 33.7 Å². The standard InChI is InChI=1S/C15H22ClN3O3S.ClH/c1-17-10-13-4-3-9-19(13)15(20)11-18(2)23(21,22)14-7-5-12(16)6-8-14;/h5-8,13,17H,3-4,9-11H2,1-2H3;1H. The molecule has 1 N–H and O–H groups in total. The molecule has 1 aliphatic heterocycles. The van der Waals surface area contributed by atoms with Gasteiger partial charge in [0.2, 0.25) is 15.9 Å². The lowest BCUT2D eigenvalue weighted by Gasteiger charge is -2.26. The van der Waals surface area contributed by atoms with E-state index in [0.29, 0.717) is 11.6 Å². The number of likely N-dealkylation sites (N-methyl/N-ethyl adjacent to an activating group) is 2. The second-order valence-electron chi connectivity index (χ2n) is 5.66. The summed E-state index contributed by atoms with van der Waals surface area (Å²) in [4.78, 5) is 14.3. The molecule has 136 valence electrons. The highest BCUT2D eigenvalue weighted by molar-refractivity contribution is 7.89. The van der Waals surface area contributed by atoms with Crippen molar-refractivity contribution in [1.82, 2.24) is 14.5 Å². The van der Waals surface area contributed by atoms with Crippen molar-refractivity contribution in [2.45, 2.75) is 23.8 Å². The third-order valence-corrected chi connectivity index (χ3v) is 6.09. The van der Waals surface area contributed by atoms with Gasteiger partial charge < -0.3 is 10.2 Å². The highest BCUT2D eigenvalue weighted by Gasteiger charge is 2.31. The third kappa shape index (κ3) is 4.83. The zero-order chi connectivity index (χ0) is 17.0. The third-order valence-electron chi connectivity index (χ3n) is 4.02. The average molecular weight is 396 g/mol. The Morgan fingerprint density at radius 3 is 2.58 bits per heavy atom. The van der Waals surface area contributed by atoms with Gasteiger partial charge in [0.25, 0.3) is 0 Å². The summed E-state index contributed by atoms with van der Waals surface area (Å²) in [6.07, 6.45) is 1.89. The van der Waals surface area contributed by atoms with Crippen LogP contribution in [0.2, 0.25) is 5.02 Å². The summed E-state index contributed by atoms with van der Waals surface area (Å²) in [5.74, 6) is -0.164. The number of amides is 1. The van der Waals surface area contributed by atoms with E-state index in [1.54, 1.807) is 4.90 Å². The molecule has 2 rings (SSSR count). The van der Waals surface area contributed by atoms with Crippen molar-refractivity contribution >= 4 is 39.9 Å². The summed E-state index contributed by atoms with van der Waals surface area (Å²) in [5, 5.41) is 3.54. The van der Waals surface area contributed by atoms with E-state index in [9.17, 15) is 13.2 Å². The Bertz CT molecular complexity index is 652. The summed E-state index contributed by atoms with van der Waals surface area (Å²) in [5.41, 5.74) is 0. The fourth-order valence-electron chi connectivity index (χ4n) is 2.76. The van der Waals surface area contributed by atoms with Gasteiger partial charge in [-0.25, -0.2) is 8.42 Å². The molecule has 1 aromatic rings. The molecule has 1 aromatic carbocycles. The first-order valence-corrected chi connectivity index (χ1v) is 9.34. The Morgan fingerprint density at radius 2 is 2.00 bits per heavy atom. The Kier molecular flexibility index (Phi) is 7.95. The topological polar surface area (TPSA) is 69.7 Å². The summed E-state index contributed by atoms with van der Waals surface area (Å²) in [7, 11) is -0.432. The van der Waals surface area contributed by atoms with E-state index in [1.165, 1.54) is 31.3 Å². The Balaban J connectivity index is 0.00000288. The van der Waals surface area contributed by atoms with Gasteiger partial charge in [0, 0.05) is 31.2 Å². The number of halogens is 2. The number of nitrogens with one attached hydrogen (secondary N) is 1. The lowest BCUT2D eigenvalue weighted by molar-refractivity contribution is -0.131. The van der Waals surface area contributed by atoms with Crippen molar-refractivity contribution in [1.29, 1.82) is 0 Å². The van der Waals surface area contributed by atoms with E-state index in [0.717, 1.165) is 23.7 Å². The first-order valence-electron chi connectivity index (χ1n) is 7.52. The predicted octanol–water partition coefficient (Wildman–Crippen LogP) is 1.59. The van der Waals surface area contributed by atoms with Crippen molar-refractivity contribution in [3.8, 4) is 0 Å². The van der Waals surface area contributed by atoms with Gasteiger partial charge in [-0.15, -0.1) is 12.4 Å². The van der Waals surface area contributed by atoms with Crippen molar-refractivity contribution < 1.29 is 13.2 Å². The van der Waals surface area contributed by atoms with Crippen LogP contribution in [0.4, 0.5) is 0 Å². The molecule has 0 saturated carbocycles. The van der Waals surface area contributed by atoms with Crippen LogP contribution in [0, 0.1) is 0 Å². The van der Waals surface area contributed by atoms with Crippen LogP contribution in [0.5, 0.6) is 0 Å². The summed E-state index contributed by atoms with van der Waals surface area (Å²) < 4.78 is 26.1. The summed E-state index contributed by atoms with van der Waals surface area (Å²) in [6.45, 7) is 1.24. The monoisotopic (exact) mass is 395 g/mol. The molecular formula is C15H23Cl2N3O3S. The van der Waals surface area contributed by atoms with Crippen molar-refractivity contribution in [3.05, 3.63) is 29.3 Å².